The van der Waals surface area contributed by atoms with Crippen molar-refractivity contribution >= 4 is 61.6 Å². The van der Waals surface area contributed by atoms with Crippen LogP contribution in [0, 0.1) is 0 Å². The SMILES string of the molecule is O=C(Nc1ccccc1Cl)N1CCCN(c2nc3cc(Br)ccc3n3cccc23)CC1. The lowest BCUT2D eigenvalue weighted by Gasteiger charge is -2.24. The van der Waals surface area contributed by atoms with Gasteiger partial charge < -0.3 is 19.5 Å². The molecule has 0 atom stereocenters. The van der Waals surface area contributed by atoms with Crippen LogP contribution in [-0.2, 0) is 0 Å². The molecule has 4 aromatic rings. The fourth-order valence-electron chi connectivity index (χ4n) is 4.06. The van der Waals surface area contributed by atoms with Gasteiger partial charge in [-0.2, -0.15) is 0 Å². The number of amides is 2. The average Bonchev–Trinajstić information content (AvgIpc) is 3.12. The number of benzene rings is 2. The van der Waals surface area contributed by atoms with Gasteiger partial charge in [0.25, 0.3) is 0 Å². The topological polar surface area (TPSA) is 52.9 Å². The van der Waals surface area contributed by atoms with Crippen LogP contribution in [0.25, 0.3) is 16.6 Å². The minimum Gasteiger partial charge on any atom is -0.353 e. The molecule has 2 amide bonds. The predicted octanol–water partition coefficient (Wildman–Crippen LogP) is 5.65. The lowest BCUT2D eigenvalue weighted by Crippen LogP contribution is -2.38. The maximum atomic E-state index is 12.8. The van der Waals surface area contributed by atoms with E-state index in [4.69, 9.17) is 16.6 Å². The van der Waals surface area contributed by atoms with Crippen molar-refractivity contribution in [1.29, 1.82) is 0 Å². The molecule has 5 rings (SSSR count). The number of rotatable bonds is 2. The molecule has 0 spiro atoms. The molecule has 0 radical (unpaired) electrons. The summed E-state index contributed by atoms with van der Waals surface area (Å²) in [5, 5.41) is 3.47. The molecular formula is C23H21BrClN5O. The number of fused-ring (bicyclic) bond motifs is 3. The minimum atomic E-state index is -0.127. The third-order valence-electron chi connectivity index (χ3n) is 5.60. The van der Waals surface area contributed by atoms with Crippen molar-refractivity contribution in [3.8, 4) is 0 Å². The van der Waals surface area contributed by atoms with Gasteiger partial charge in [0.15, 0.2) is 5.82 Å². The molecule has 6 nitrogen and oxygen atoms in total. The van der Waals surface area contributed by atoms with Crippen molar-refractivity contribution in [2.24, 2.45) is 0 Å². The van der Waals surface area contributed by atoms with E-state index in [0.29, 0.717) is 30.3 Å². The zero-order valence-electron chi connectivity index (χ0n) is 16.8. The summed E-state index contributed by atoms with van der Waals surface area (Å²) in [5.74, 6) is 0.948. The molecule has 2 aromatic heterocycles. The molecule has 31 heavy (non-hydrogen) atoms. The quantitative estimate of drug-likeness (QED) is 0.389. The standard InChI is InChI=1S/C23H21BrClN5O/c24-16-8-9-20-19(15-16)26-22(21-7-3-12-30(20)21)28-10-4-11-29(14-13-28)23(31)27-18-6-2-1-5-17(18)25/h1-3,5-9,12,15H,4,10-11,13-14H2,(H,27,31). The highest BCUT2D eigenvalue weighted by Gasteiger charge is 2.22. The fourth-order valence-corrected chi connectivity index (χ4v) is 4.59. The number of aromatic nitrogens is 2. The second kappa shape index (κ2) is 8.40. The molecule has 0 saturated carbocycles. The van der Waals surface area contributed by atoms with Gasteiger partial charge >= 0.3 is 6.03 Å². The number of carbonyl (C=O) groups excluding carboxylic acids is 1. The molecule has 1 aliphatic heterocycles. The monoisotopic (exact) mass is 497 g/mol. The Balaban J connectivity index is 1.39. The van der Waals surface area contributed by atoms with Gasteiger partial charge in [-0.3, -0.25) is 0 Å². The summed E-state index contributed by atoms with van der Waals surface area (Å²) in [6.45, 7) is 2.84. The molecule has 158 valence electrons. The first kappa shape index (κ1) is 20.2. The second-order valence-electron chi connectivity index (χ2n) is 7.57. The van der Waals surface area contributed by atoms with Crippen molar-refractivity contribution in [2.45, 2.75) is 6.42 Å². The maximum Gasteiger partial charge on any atom is 0.321 e. The number of carbonyl (C=O) groups is 1. The van der Waals surface area contributed by atoms with Crippen molar-refractivity contribution in [3.05, 3.63) is 70.3 Å². The molecule has 0 bridgehead atoms. The number of nitrogens with zero attached hydrogens (tertiary/aromatic N) is 4. The van der Waals surface area contributed by atoms with Gasteiger partial charge in [-0.15, -0.1) is 0 Å². The lowest BCUT2D eigenvalue weighted by atomic mass is 10.3. The lowest BCUT2D eigenvalue weighted by molar-refractivity contribution is 0.215. The van der Waals surface area contributed by atoms with Crippen molar-refractivity contribution < 1.29 is 4.79 Å². The number of halogens is 2. The third-order valence-corrected chi connectivity index (χ3v) is 6.42. The van der Waals surface area contributed by atoms with Crippen molar-refractivity contribution in [2.75, 3.05) is 36.4 Å². The van der Waals surface area contributed by atoms with Gasteiger partial charge in [0, 0.05) is 36.8 Å². The van der Waals surface area contributed by atoms with Crippen LogP contribution in [0.15, 0.2) is 65.3 Å². The summed E-state index contributed by atoms with van der Waals surface area (Å²) in [4.78, 5) is 21.9. The van der Waals surface area contributed by atoms with Gasteiger partial charge in [0.2, 0.25) is 0 Å². The first-order valence-electron chi connectivity index (χ1n) is 10.2. The Kier molecular flexibility index (Phi) is 5.46. The van der Waals surface area contributed by atoms with Crippen LogP contribution in [0.2, 0.25) is 5.02 Å². The molecule has 1 fully saturated rings. The van der Waals surface area contributed by atoms with Crippen molar-refractivity contribution in [1.82, 2.24) is 14.3 Å². The first-order chi connectivity index (χ1) is 15.1. The zero-order chi connectivity index (χ0) is 21.4. The molecule has 3 heterocycles. The van der Waals surface area contributed by atoms with E-state index in [9.17, 15) is 4.79 Å². The Bertz CT molecular complexity index is 1270. The van der Waals surface area contributed by atoms with Crippen LogP contribution >= 0.6 is 27.5 Å². The average molecular weight is 499 g/mol. The number of anilines is 2. The van der Waals surface area contributed by atoms with Crippen molar-refractivity contribution in [3.63, 3.8) is 0 Å². The molecule has 8 heteroatoms. The smallest absolute Gasteiger partial charge is 0.321 e. The minimum absolute atomic E-state index is 0.127. The van der Waals surface area contributed by atoms with Crippen LogP contribution < -0.4 is 10.2 Å². The van der Waals surface area contributed by atoms with Crippen LogP contribution in [0.4, 0.5) is 16.3 Å². The Morgan fingerprint density at radius 1 is 1.00 bits per heavy atom. The van der Waals surface area contributed by atoms with Gasteiger partial charge in [0.1, 0.15) is 0 Å². The van der Waals surface area contributed by atoms with E-state index < -0.39 is 0 Å². The van der Waals surface area contributed by atoms with E-state index in [0.717, 1.165) is 39.8 Å². The largest absolute Gasteiger partial charge is 0.353 e. The van der Waals surface area contributed by atoms with E-state index in [2.05, 4.69) is 48.9 Å². The van der Waals surface area contributed by atoms with Crippen LogP contribution in [0.3, 0.4) is 0 Å². The van der Waals surface area contributed by atoms with E-state index in [1.54, 1.807) is 6.07 Å². The van der Waals surface area contributed by atoms with Crippen LogP contribution in [0.5, 0.6) is 0 Å². The van der Waals surface area contributed by atoms with E-state index in [-0.39, 0.29) is 6.03 Å². The maximum absolute atomic E-state index is 12.8. The summed E-state index contributed by atoms with van der Waals surface area (Å²) in [5.41, 5.74) is 3.71. The fraction of sp³-hybridized carbons (Fsp3) is 0.217. The summed E-state index contributed by atoms with van der Waals surface area (Å²) in [6, 6.07) is 17.4. The predicted molar refractivity (Wildman–Crippen MR) is 129 cm³/mol. The Labute approximate surface area is 193 Å². The Morgan fingerprint density at radius 3 is 2.74 bits per heavy atom. The van der Waals surface area contributed by atoms with Gasteiger partial charge in [-0.1, -0.05) is 39.7 Å². The number of hydrogen-bond acceptors (Lipinski definition) is 3. The molecule has 0 unspecified atom stereocenters. The number of nitrogens with one attached hydrogen (secondary N) is 1. The van der Waals surface area contributed by atoms with Gasteiger partial charge in [0.05, 0.1) is 27.3 Å². The number of para-hydroxylation sites is 1. The summed E-state index contributed by atoms with van der Waals surface area (Å²) in [6.07, 6.45) is 2.93. The normalized spacial score (nSPS) is 14.8. The van der Waals surface area contributed by atoms with Gasteiger partial charge in [-0.25, -0.2) is 9.78 Å². The van der Waals surface area contributed by atoms with Gasteiger partial charge in [-0.05, 0) is 48.9 Å². The van der Waals surface area contributed by atoms with Crippen LogP contribution in [-0.4, -0.2) is 46.5 Å². The van der Waals surface area contributed by atoms with E-state index in [1.807, 2.05) is 41.3 Å². The third kappa shape index (κ3) is 3.95. The molecule has 0 aliphatic carbocycles. The van der Waals surface area contributed by atoms with E-state index >= 15 is 0 Å². The molecule has 1 aliphatic rings. The molecular weight excluding hydrogens is 478 g/mol. The highest BCUT2D eigenvalue weighted by molar-refractivity contribution is 9.10. The Hall–Kier alpha value is -2.77. The van der Waals surface area contributed by atoms with E-state index in [1.165, 1.54) is 0 Å². The second-order valence-corrected chi connectivity index (χ2v) is 8.89. The van der Waals surface area contributed by atoms with Crippen LogP contribution in [0.1, 0.15) is 6.42 Å². The molecule has 1 N–H and O–H groups in total. The summed E-state index contributed by atoms with van der Waals surface area (Å²) >= 11 is 9.74. The highest BCUT2D eigenvalue weighted by Crippen LogP contribution is 2.28. The highest BCUT2D eigenvalue weighted by atomic mass is 79.9. The number of hydrogen-bond donors (Lipinski definition) is 1. The zero-order valence-corrected chi connectivity index (χ0v) is 19.1. The first-order valence-corrected chi connectivity index (χ1v) is 11.4. The summed E-state index contributed by atoms with van der Waals surface area (Å²) in [7, 11) is 0. The molecule has 1 saturated heterocycles. The number of urea groups is 1. The molecule has 2 aromatic carbocycles. The summed E-state index contributed by atoms with van der Waals surface area (Å²) < 4.78 is 3.18. The Morgan fingerprint density at radius 2 is 1.87 bits per heavy atom.